The van der Waals surface area contributed by atoms with Crippen molar-refractivity contribution in [3.05, 3.63) is 44.6 Å². The lowest BCUT2D eigenvalue weighted by atomic mass is 9.99. The lowest BCUT2D eigenvalue weighted by Crippen LogP contribution is -2.54. The molecule has 0 bridgehead atoms. The molecule has 0 saturated carbocycles. The number of thiophene rings is 1. The minimum Gasteiger partial charge on any atom is -0.436 e. The van der Waals surface area contributed by atoms with Gasteiger partial charge in [-0.3, -0.25) is 9.69 Å². The first-order valence-electron chi connectivity index (χ1n) is 15.7. The van der Waals surface area contributed by atoms with E-state index in [1.807, 2.05) is 21.2 Å². The van der Waals surface area contributed by atoms with E-state index >= 15 is 0 Å². The molecule has 45 heavy (non-hydrogen) atoms. The van der Waals surface area contributed by atoms with Gasteiger partial charge >= 0.3 is 12.1 Å². The van der Waals surface area contributed by atoms with Crippen LogP contribution in [0.25, 0.3) is 0 Å². The molecule has 0 radical (unpaired) electrons. The third-order valence-electron chi connectivity index (χ3n) is 9.45. The first-order chi connectivity index (χ1) is 21.8. The topological polar surface area (TPSA) is 123 Å². The van der Waals surface area contributed by atoms with E-state index in [-0.39, 0.29) is 24.4 Å². The van der Waals surface area contributed by atoms with Crippen LogP contribution in [0.2, 0.25) is 5.02 Å². The van der Waals surface area contributed by atoms with Gasteiger partial charge in [0.1, 0.15) is 0 Å². The quantitative estimate of drug-likeness (QED) is 0.323. The first-order valence-corrected chi connectivity index (χ1v) is 16.9. The molecule has 11 nitrogen and oxygen atoms in total. The Bertz CT molecular complexity index is 1460. The molecule has 2 aromatic rings. The number of terminal acetylenes is 1. The minimum absolute atomic E-state index is 0.0119. The van der Waals surface area contributed by atoms with Crippen molar-refractivity contribution in [1.82, 2.24) is 24.9 Å². The van der Waals surface area contributed by atoms with Crippen molar-refractivity contribution in [1.29, 1.82) is 0 Å². The number of nitrogens with zero attached hydrogens (tertiary/aromatic N) is 4. The smallest absolute Gasteiger partial charge is 0.410 e. The summed E-state index contributed by atoms with van der Waals surface area (Å²) in [5, 5.41) is 8.64. The number of ether oxygens (including phenoxy) is 1. The summed E-state index contributed by atoms with van der Waals surface area (Å²) >= 11 is 7.99. The van der Waals surface area contributed by atoms with E-state index in [1.54, 1.807) is 28.4 Å². The van der Waals surface area contributed by atoms with Gasteiger partial charge in [0.2, 0.25) is 0 Å². The van der Waals surface area contributed by atoms with Crippen molar-refractivity contribution in [2.45, 2.75) is 56.8 Å². The first kappa shape index (κ1) is 31.5. The maximum absolute atomic E-state index is 13.9. The Morgan fingerprint density at radius 1 is 1.07 bits per heavy atom. The number of amides is 4. The molecular formula is C32H40ClN7O4S. The molecule has 5 heterocycles. The maximum atomic E-state index is 13.9. The molecule has 0 spiro atoms. The average molecular weight is 654 g/mol. The number of piperidine rings is 2. The Morgan fingerprint density at radius 2 is 1.76 bits per heavy atom. The fraction of sp³-hybridized carbons (Fsp3) is 0.531. The van der Waals surface area contributed by atoms with Gasteiger partial charge in [-0.2, -0.15) is 0 Å². The number of rotatable bonds is 6. The number of fused-ring (bicyclic) bond motifs is 1. The van der Waals surface area contributed by atoms with Gasteiger partial charge in [-0.25, -0.2) is 9.59 Å². The highest BCUT2D eigenvalue weighted by atomic mass is 35.5. The average Bonchev–Trinajstić information content (AvgIpc) is 3.53. The zero-order valence-corrected chi connectivity index (χ0v) is 26.9. The van der Waals surface area contributed by atoms with E-state index in [0.717, 1.165) is 49.6 Å². The highest BCUT2D eigenvalue weighted by molar-refractivity contribution is 7.10. The number of likely N-dealkylation sites (tertiary alicyclic amines) is 2. The van der Waals surface area contributed by atoms with Gasteiger partial charge in [0, 0.05) is 81.3 Å². The van der Waals surface area contributed by atoms with Crippen molar-refractivity contribution in [3.8, 4) is 12.3 Å². The number of benzene rings is 1. The zero-order chi connectivity index (χ0) is 31.5. The summed E-state index contributed by atoms with van der Waals surface area (Å²) in [5.74, 6) is 2.33. The third kappa shape index (κ3) is 7.02. The fourth-order valence-corrected chi connectivity index (χ4v) is 7.92. The van der Waals surface area contributed by atoms with E-state index in [9.17, 15) is 14.4 Å². The van der Waals surface area contributed by atoms with Crippen LogP contribution in [0, 0.1) is 12.3 Å². The van der Waals surface area contributed by atoms with E-state index in [1.165, 1.54) is 0 Å². The molecule has 1 aromatic heterocycles. The van der Waals surface area contributed by atoms with Crippen molar-refractivity contribution in [2.24, 2.45) is 0 Å². The summed E-state index contributed by atoms with van der Waals surface area (Å²) in [7, 11) is 0. The van der Waals surface area contributed by atoms with Crippen molar-refractivity contribution in [3.63, 3.8) is 0 Å². The third-order valence-corrected chi connectivity index (χ3v) is 10.7. The highest BCUT2D eigenvalue weighted by Crippen LogP contribution is 2.32. The molecule has 13 heteroatoms. The van der Waals surface area contributed by atoms with Crippen LogP contribution in [0.3, 0.4) is 0 Å². The molecule has 0 aliphatic carbocycles. The largest absolute Gasteiger partial charge is 0.436 e. The predicted molar refractivity (Wildman–Crippen MR) is 175 cm³/mol. The summed E-state index contributed by atoms with van der Waals surface area (Å²) in [6, 6.07) is 5.67. The Balaban J connectivity index is 1.11. The second-order valence-electron chi connectivity index (χ2n) is 12.1. The predicted octanol–water partition coefficient (Wildman–Crippen LogP) is 3.42. The van der Waals surface area contributed by atoms with Gasteiger partial charge in [-0.15, -0.1) is 17.8 Å². The Labute approximate surface area is 273 Å². The van der Waals surface area contributed by atoms with E-state index < -0.39 is 12.2 Å². The second-order valence-corrected chi connectivity index (χ2v) is 13.5. The lowest BCUT2D eigenvalue weighted by Gasteiger charge is -2.41. The van der Waals surface area contributed by atoms with Crippen LogP contribution < -0.4 is 16.4 Å². The normalized spacial score (nSPS) is 20.7. The number of nitrogens with two attached hydrogens (primary N) is 1. The standard InChI is InChI=1S/C32H40ClN7O4S/c1-2-22-17-21(18-25(33)29(22)34)19-27(30(41)38-10-3-23(4-11-38)37-14-8-35-9-15-37)44-32(43)39-12-5-24(6-13-39)40-20-28-26(7-16-45-28)36-31(40)42/h1,7,16-18,23-24,27,35H,3-6,8-15,19-20,34H2,(H,36,42)/t27-/m1/s1. The molecule has 3 fully saturated rings. The van der Waals surface area contributed by atoms with Crippen LogP contribution in [-0.2, 0) is 22.5 Å². The van der Waals surface area contributed by atoms with Gasteiger partial charge in [0.15, 0.2) is 6.10 Å². The van der Waals surface area contributed by atoms with Gasteiger partial charge in [-0.1, -0.05) is 17.5 Å². The maximum Gasteiger partial charge on any atom is 0.410 e. The summed E-state index contributed by atoms with van der Waals surface area (Å²) in [4.78, 5) is 49.1. The van der Waals surface area contributed by atoms with Gasteiger partial charge in [0.25, 0.3) is 5.91 Å². The molecule has 6 rings (SSSR count). The highest BCUT2D eigenvalue weighted by Gasteiger charge is 2.37. The number of carbonyl (C=O) groups excluding carboxylic acids is 3. The van der Waals surface area contributed by atoms with E-state index in [0.29, 0.717) is 73.4 Å². The molecule has 4 amide bonds. The number of nitrogens with one attached hydrogen (secondary N) is 2. The molecule has 240 valence electrons. The molecule has 4 aliphatic heterocycles. The summed E-state index contributed by atoms with van der Waals surface area (Å²) in [6.07, 6.45) is 7.21. The van der Waals surface area contributed by atoms with E-state index in [4.69, 9.17) is 28.5 Å². The zero-order valence-electron chi connectivity index (χ0n) is 25.3. The summed E-state index contributed by atoms with van der Waals surface area (Å²) in [5.41, 5.74) is 8.33. The number of carbonyl (C=O) groups is 3. The minimum atomic E-state index is -1.04. The number of hydrogen-bond acceptors (Lipinski definition) is 8. The monoisotopic (exact) mass is 653 g/mol. The van der Waals surface area contributed by atoms with Gasteiger partial charge in [0.05, 0.1) is 22.9 Å². The summed E-state index contributed by atoms with van der Waals surface area (Å²) in [6.45, 7) is 6.64. The molecule has 4 aliphatic rings. The van der Waals surface area contributed by atoms with Crippen LogP contribution in [0.15, 0.2) is 23.6 Å². The fourth-order valence-electron chi connectivity index (χ4n) is 6.85. The SMILES string of the molecule is C#Cc1cc(C[C@@H](OC(=O)N2CCC(N3Cc4sccc4NC3=O)CC2)C(=O)N2CCC(N3CCNCC3)CC2)cc(Cl)c1N. The Hall–Kier alpha value is -3.50. The molecule has 3 saturated heterocycles. The second kappa shape index (κ2) is 13.9. The molecule has 4 N–H and O–H groups in total. The Kier molecular flexibility index (Phi) is 9.70. The number of urea groups is 1. The number of piperazine rings is 1. The van der Waals surface area contributed by atoms with Gasteiger partial charge < -0.3 is 35.8 Å². The summed E-state index contributed by atoms with van der Waals surface area (Å²) < 4.78 is 5.99. The van der Waals surface area contributed by atoms with Crippen molar-refractivity contribution in [2.75, 3.05) is 63.4 Å². The number of halogens is 1. The lowest BCUT2D eigenvalue weighted by molar-refractivity contribution is -0.142. The van der Waals surface area contributed by atoms with Crippen LogP contribution in [0.4, 0.5) is 21.0 Å². The molecule has 1 aromatic carbocycles. The van der Waals surface area contributed by atoms with Crippen LogP contribution >= 0.6 is 22.9 Å². The van der Waals surface area contributed by atoms with Gasteiger partial charge in [-0.05, 0) is 54.8 Å². The van der Waals surface area contributed by atoms with Crippen molar-refractivity contribution >= 4 is 52.3 Å². The van der Waals surface area contributed by atoms with Crippen LogP contribution in [-0.4, -0.2) is 108 Å². The van der Waals surface area contributed by atoms with Crippen LogP contribution in [0.1, 0.15) is 41.7 Å². The van der Waals surface area contributed by atoms with Crippen LogP contribution in [0.5, 0.6) is 0 Å². The number of hydrogen-bond donors (Lipinski definition) is 3. The molecular weight excluding hydrogens is 614 g/mol. The molecule has 1 atom stereocenters. The van der Waals surface area contributed by atoms with Crippen molar-refractivity contribution < 1.29 is 19.1 Å². The van der Waals surface area contributed by atoms with E-state index in [2.05, 4.69) is 21.5 Å². The number of nitrogen functional groups attached to an aromatic ring is 1. The molecule has 0 unspecified atom stereocenters. The Morgan fingerprint density at radius 3 is 2.47 bits per heavy atom. The number of anilines is 2.